The van der Waals surface area contributed by atoms with Gasteiger partial charge in [0.2, 0.25) is 0 Å². The van der Waals surface area contributed by atoms with Crippen LogP contribution in [-0.2, 0) is 0 Å². The Labute approximate surface area is 78.7 Å². The van der Waals surface area contributed by atoms with E-state index in [0.717, 1.165) is 23.9 Å². The van der Waals surface area contributed by atoms with Gasteiger partial charge < -0.3 is 4.52 Å². The lowest BCUT2D eigenvalue weighted by Gasteiger charge is -2.15. The highest BCUT2D eigenvalue weighted by atomic mass is 16.5. The summed E-state index contributed by atoms with van der Waals surface area (Å²) in [5.41, 5.74) is 0.975. The van der Waals surface area contributed by atoms with Crippen molar-refractivity contribution in [1.29, 1.82) is 0 Å². The number of hydrogen-bond acceptors (Lipinski definition) is 3. The largest absolute Gasteiger partial charge is 0.359 e. The number of aryl methyl sites for hydroxylation is 1. The molecule has 13 heavy (non-hydrogen) atoms. The van der Waals surface area contributed by atoms with Crippen molar-refractivity contribution in [2.24, 2.45) is 5.92 Å². The number of likely N-dealkylation sites (tertiary alicyclic amines) is 1. The Balaban J connectivity index is 2.17. The Hall–Kier alpha value is -0.830. The van der Waals surface area contributed by atoms with Gasteiger partial charge in [-0.05, 0) is 26.3 Å². The molecule has 0 spiro atoms. The van der Waals surface area contributed by atoms with Gasteiger partial charge in [0.15, 0.2) is 5.76 Å². The lowest BCUT2D eigenvalue weighted by Crippen LogP contribution is -2.17. The second-order valence-corrected chi connectivity index (χ2v) is 4.17. The lowest BCUT2D eigenvalue weighted by molar-refractivity contribution is 0.251. The quantitative estimate of drug-likeness (QED) is 0.662. The van der Waals surface area contributed by atoms with Crippen molar-refractivity contribution in [2.75, 3.05) is 13.6 Å². The Bertz CT molecular complexity index is 295. The highest BCUT2D eigenvalue weighted by Crippen LogP contribution is 2.33. The summed E-state index contributed by atoms with van der Waals surface area (Å²) in [5, 5.41) is 3.92. The molecular weight excluding hydrogens is 164 g/mol. The van der Waals surface area contributed by atoms with Crippen LogP contribution in [0.2, 0.25) is 0 Å². The monoisotopic (exact) mass is 180 g/mol. The van der Waals surface area contributed by atoms with Crippen molar-refractivity contribution in [1.82, 2.24) is 10.1 Å². The van der Waals surface area contributed by atoms with Crippen LogP contribution in [0, 0.1) is 12.8 Å². The molecule has 0 bridgehead atoms. The van der Waals surface area contributed by atoms with Crippen molar-refractivity contribution in [3.05, 3.63) is 17.5 Å². The maximum absolute atomic E-state index is 5.28. The summed E-state index contributed by atoms with van der Waals surface area (Å²) in [6.45, 7) is 5.40. The van der Waals surface area contributed by atoms with E-state index in [1.807, 2.05) is 13.0 Å². The predicted octanol–water partition coefficient (Wildman–Crippen LogP) is 2.00. The smallest absolute Gasteiger partial charge is 0.154 e. The Kier molecular flexibility index (Phi) is 2.12. The summed E-state index contributed by atoms with van der Waals surface area (Å²) in [5.74, 6) is 1.78. The minimum atomic E-state index is 0.441. The molecule has 0 amide bonds. The van der Waals surface area contributed by atoms with Crippen LogP contribution in [0.15, 0.2) is 10.6 Å². The van der Waals surface area contributed by atoms with Crippen LogP contribution >= 0.6 is 0 Å². The number of rotatable bonds is 1. The maximum Gasteiger partial charge on any atom is 0.154 e. The molecule has 72 valence electrons. The van der Waals surface area contributed by atoms with E-state index in [-0.39, 0.29) is 0 Å². The summed E-state index contributed by atoms with van der Waals surface area (Å²) in [6.07, 6.45) is 1.19. The van der Waals surface area contributed by atoms with Crippen molar-refractivity contribution >= 4 is 0 Å². The molecule has 1 saturated heterocycles. The maximum atomic E-state index is 5.28. The minimum absolute atomic E-state index is 0.441. The van der Waals surface area contributed by atoms with E-state index in [1.165, 1.54) is 6.42 Å². The summed E-state index contributed by atoms with van der Waals surface area (Å²) in [7, 11) is 2.14. The fourth-order valence-electron chi connectivity index (χ4n) is 2.13. The summed E-state index contributed by atoms with van der Waals surface area (Å²) in [6, 6.07) is 2.48. The number of nitrogens with zero attached hydrogens (tertiary/aromatic N) is 2. The molecule has 2 atom stereocenters. The summed E-state index contributed by atoms with van der Waals surface area (Å²) < 4.78 is 5.28. The normalized spacial score (nSPS) is 29.8. The Morgan fingerprint density at radius 2 is 2.38 bits per heavy atom. The van der Waals surface area contributed by atoms with Gasteiger partial charge in [0.05, 0.1) is 11.7 Å². The zero-order valence-electron chi connectivity index (χ0n) is 8.45. The van der Waals surface area contributed by atoms with Crippen LogP contribution in [0.1, 0.15) is 30.8 Å². The van der Waals surface area contributed by atoms with Crippen LogP contribution < -0.4 is 0 Å². The zero-order valence-corrected chi connectivity index (χ0v) is 8.45. The lowest BCUT2D eigenvalue weighted by atomic mass is 10.1. The van der Waals surface area contributed by atoms with Gasteiger partial charge in [-0.2, -0.15) is 0 Å². The second kappa shape index (κ2) is 3.14. The summed E-state index contributed by atoms with van der Waals surface area (Å²) >= 11 is 0. The van der Waals surface area contributed by atoms with Crippen LogP contribution in [0.3, 0.4) is 0 Å². The first-order valence-corrected chi connectivity index (χ1v) is 4.80. The zero-order chi connectivity index (χ0) is 9.42. The molecule has 1 aliphatic rings. The van der Waals surface area contributed by atoms with E-state index in [2.05, 4.69) is 24.0 Å². The van der Waals surface area contributed by atoms with Crippen molar-refractivity contribution < 1.29 is 4.52 Å². The van der Waals surface area contributed by atoms with Crippen molar-refractivity contribution in [3.8, 4) is 0 Å². The summed E-state index contributed by atoms with van der Waals surface area (Å²) in [4.78, 5) is 2.34. The first-order chi connectivity index (χ1) is 6.16. The molecule has 2 rings (SSSR count). The van der Waals surface area contributed by atoms with Crippen LogP contribution in [0.4, 0.5) is 0 Å². The van der Waals surface area contributed by atoms with Crippen molar-refractivity contribution in [3.63, 3.8) is 0 Å². The molecule has 0 aliphatic carbocycles. The molecule has 0 aromatic carbocycles. The molecule has 0 unspecified atom stereocenters. The third-order valence-corrected chi connectivity index (χ3v) is 2.73. The fourth-order valence-corrected chi connectivity index (χ4v) is 2.13. The minimum Gasteiger partial charge on any atom is -0.359 e. The molecule has 1 aromatic rings. The molecule has 0 radical (unpaired) electrons. The van der Waals surface area contributed by atoms with Gasteiger partial charge in [-0.25, -0.2) is 0 Å². The van der Waals surface area contributed by atoms with Gasteiger partial charge in [-0.3, -0.25) is 4.90 Å². The predicted molar refractivity (Wildman–Crippen MR) is 50.4 cm³/mol. The average Bonchev–Trinajstić information content (AvgIpc) is 2.58. The second-order valence-electron chi connectivity index (χ2n) is 4.17. The molecular formula is C10H16N2O. The van der Waals surface area contributed by atoms with Gasteiger partial charge in [0, 0.05) is 12.6 Å². The molecule has 1 aromatic heterocycles. The number of aromatic nitrogens is 1. The van der Waals surface area contributed by atoms with Gasteiger partial charge in [-0.1, -0.05) is 12.1 Å². The fraction of sp³-hybridized carbons (Fsp3) is 0.700. The SMILES string of the molecule is Cc1cc([C@@H]2C[C@H](C)CN2C)on1. The van der Waals surface area contributed by atoms with Gasteiger partial charge >= 0.3 is 0 Å². The molecule has 3 heteroatoms. The van der Waals surface area contributed by atoms with Crippen LogP contribution in [0.5, 0.6) is 0 Å². The standard InChI is InChI=1S/C10H16N2O/c1-7-4-9(12(3)6-7)10-5-8(2)11-13-10/h5,7,9H,4,6H2,1-3H3/t7-,9-/m0/s1. The first kappa shape index (κ1) is 8.75. The Morgan fingerprint density at radius 3 is 2.85 bits per heavy atom. The van der Waals surface area contributed by atoms with E-state index in [4.69, 9.17) is 4.52 Å². The van der Waals surface area contributed by atoms with Crippen molar-refractivity contribution in [2.45, 2.75) is 26.3 Å². The molecule has 1 fully saturated rings. The molecule has 0 saturated carbocycles. The molecule has 0 N–H and O–H groups in total. The van der Waals surface area contributed by atoms with Crippen LogP contribution in [0.25, 0.3) is 0 Å². The molecule has 2 heterocycles. The van der Waals surface area contributed by atoms with Gasteiger partial charge in [0.25, 0.3) is 0 Å². The van der Waals surface area contributed by atoms with E-state index < -0.39 is 0 Å². The molecule has 3 nitrogen and oxygen atoms in total. The van der Waals surface area contributed by atoms with E-state index in [1.54, 1.807) is 0 Å². The van der Waals surface area contributed by atoms with Crippen LogP contribution in [-0.4, -0.2) is 23.6 Å². The highest BCUT2D eigenvalue weighted by molar-refractivity contribution is 5.09. The molecule has 1 aliphatic heterocycles. The average molecular weight is 180 g/mol. The van der Waals surface area contributed by atoms with E-state index in [9.17, 15) is 0 Å². The Morgan fingerprint density at radius 1 is 1.62 bits per heavy atom. The third kappa shape index (κ3) is 1.61. The topological polar surface area (TPSA) is 29.3 Å². The van der Waals surface area contributed by atoms with Gasteiger partial charge in [0.1, 0.15) is 0 Å². The third-order valence-electron chi connectivity index (χ3n) is 2.73. The van der Waals surface area contributed by atoms with E-state index in [0.29, 0.717) is 6.04 Å². The highest BCUT2D eigenvalue weighted by Gasteiger charge is 2.30. The number of hydrogen-bond donors (Lipinski definition) is 0. The van der Waals surface area contributed by atoms with Gasteiger partial charge in [-0.15, -0.1) is 0 Å². The van der Waals surface area contributed by atoms with E-state index >= 15 is 0 Å². The first-order valence-electron chi connectivity index (χ1n) is 4.80.